The molecule has 1 aromatic carbocycles. The number of benzene rings is 1. The molecule has 0 saturated heterocycles. The van der Waals surface area contributed by atoms with Gasteiger partial charge in [0.25, 0.3) is 5.91 Å². The molecule has 0 aromatic heterocycles. The highest BCUT2D eigenvalue weighted by atomic mass is 19.1. The molecule has 1 aromatic rings. The van der Waals surface area contributed by atoms with Crippen molar-refractivity contribution in [3.63, 3.8) is 0 Å². The minimum absolute atomic E-state index is 0.0414. The third-order valence-corrected chi connectivity index (χ3v) is 2.68. The Morgan fingerprint density at radius 2 is 2.17 bits per heavy atom. The summed E-state index contributed by atoms with van der Waals surface area (Å²) in [5.41, 5.74) is 5.74. The molecule has 0 atom stereocenters. The smallest absolute Gasteiger partial charge is 0.254 e. The maximum Gasteiger partial charge on any atom is 0.254 e. The van der Waals surface area contributed by atoms with Gasteiger partial charge >= 0.3 is 0 Å². The van der Waals surface area contributed by atoms with E-state index in [1.807, 2.05) is 6.92 Å². The minimum atomic E-state index is -0.534. The van der Waals surface area contributed by atoms with E-state index in [1.165, 1.54) is 18.2 Å². The first-order valence-corrected chi connectivity index (χ1v) is 6.05. The maximum absolute atomic E-state index is 13.0. The number of nitrogen functional groups attached to an aromatic ring is 1. The summed E-state index contributed by atoms with van der Waals surface area (Å²) in [4.78, 5) is 13.7. The Bertz CT molecular complexity index is 410. The number of rotatable bonds is 6. The quantitative estimate of drug-likeness (QED) is 0.758. The van der Waals surface area contributed by atoms with Gasteiger partial charge in [0.2, 0.25) is 0 Å². The van der Waals surface area contributed by atoms with Crippen LogP contribution in [0.2, 0.25) is 0 Å². The molecule has 0 heterocycles. The molecule has 100 valence electrons. The molecule has 0 aliphatic rings. The lowest BCUT2D eigenvalue weighted by molar-refractivity contribution is 0.0719. The molecule has 18 heavy (non-hydrogen) atoms. The van der Waals surface area contributed by atoms with E-state index in [0.29, 0.717) is 12.1 Å². The average Bonchev–Trinajstić information content (AvgIpc) is 2.37. The lowest BCUT2D eigenvalue weighted by atomic mass is 10.1. The predicted molar refractivity (Wildman–Crippen MR) is 68.7 cm³/mol. The molecular formula is C13H19FN2O2. The van der Waals surface area contributed by atoms with Crippen molar-refractivity contribution < 1.29 is 14.3 Å². The largest absolute Gasteiger partial charge is 0.396 e. The fraction of sp³-hybridized carbons (Fsp3) is 0.462. The summed E-state index contributed by atoms with van der Waals surface area (Å²) < 4.78 is 13.0. The summed E-state index contributed by atoms with van der Waals surface area (Å²) in [7, 11) is 0. The van der Waals surface area contributed by atoms with Crippen molar-refractivity contribution >= 4 is 11.6 Å². The third-order valence-electron chi connectivity index (χ3n) is 2.68. The van der Waals surface area contributed by atoms with Crippen LogP contribution in [0, 0.1) is 5.82 Å². The van der Waals surface area contributed by atoms with Gasteiger partial charge in [0.1, 0.15) is 5.82 Å². The zero-order valence-electron chi connectivity index (χ0n) is 10.5. The van der Waals surface area contributed by atoms with Gasteiger partial charge in [0.15, 0.2) is 0 Å². The number of halogens is 1. The molecule has 0 aliphatic carbocycles. The lowest BCUT2D eigenvalue weighted by Gasteiger charge is -2.21. The van der Waals surface area contributed by atoms with Gasteiger partial charge in [0.05, 0.1) is 12.3 Å². The van der Waals surface area contributed by atoms with Crippen LogP contribution in [0.1, 0.15) is 30.1 Å². The Labute approximate surface area is 106 Å². The van der Waals surface area contributed by atoms with Gasteiger partial charge in [-0.3, -0.25) is 4.79 Å². The summed E-state index contributed by atoms with van der Waals surface area (Å²) >= 11 is 0. The second-order valence-electron chi connectivity index (χ2n) is 4.11. The Balaban J connectivity index is 2.83. The molecule has 0 aliphatic heterocycles. The maximum atomic E-state index is 13.0. The number of unbranched alkanes of at least 4 members (excludes halogenated alkanes) is 1. The Morgan fingerprint density at radius 3 is 2.72 bits per heavy atom. The van der Waals surface area contributed by atoms with Crippen LogP contribution in [0.25, 0.3) is 0 Å². The van der Waals surface area contributed by atoms with E-state index in [0.717, 1.165) is 12.8 Å². The first kappa shape index (κ1) is 14.4. The topological polar surface area (TPSA) is 66.6 Å². The van der Waals surface area contributed by atoms with Crippen molar-refractivity contribution in [2.24, 2.45) is 0 Å². The molecule has 0 spiro atoms. The van der Waals surface area contributed by atoms with E-state index < -0.39 is 5.82 Å². The van der Waals surface area contributed by atoms with Crippen molar-refractivity contribution in [1.82, 2.24) is 4.90 Å². The highest BCUT2D eigenvalue weighted by Gasteiger charge is 2.15. The van der Waals surface area contributed by atoms with E-state index in [2.05, 4.69) is 0 Å². The SMILES string of the molecule is CCCCN(CCO)C(=O)c1ccc(F)c(N)c1. The normalized spacial score (nSPS) is 10.4. The number of amides is 1. The van der Waals surface area contributed by atoms with Crippen molar-refractivity contribution in [2.75, 3.05) is 25.4 Å². The van der Waals surface area contributed by atoms with Crippen molar-refractivity contribution in [3.05, 3.63) is 29.6 Å². The molecule has 0 fully saturated rings. The summed E-state index contributed by atoms with van der Waals surface area (Å²) in [5, 5.41) is 8.95. The van der Waals surface area contributed by atoms with Gasteiger partial charge < -0.3 is 15.7 Å². The van der Waals surface area contributed by atoms with E-state index in [1.54, 1.807) is 4.90 Å². The fourth-order valence-corrected chi connectivity index (χ4v) is 1.64. The van der Waals surface area contributed by atoms with Crippen LogP contribution < -0.4 is 5.73 Å². The Hall–Kier alpha value is -1.62. The van der Waals surface area contributed by atoms with Gasteiger partial charge in [-0.1, -0.05) is 13.3 Å². The first-order chi connectivity index (χ1) is 8.60. The number of anilines is 1. The van der Waals surface area contributed by atoms with Crippen LogP contribution in [0.4, 0.5) is 10.1 Å². The summed E-state index contributed by atoms with van der Waals surface area (Å²) in [6.07, 6.45) is 1.82. The summed E-state index contributed by atoms with van der Waals surface area (Å²) in [6, 6.07) is 3.91. The molecule has 1 rings (SSSR count). The van der Waals surface area contributed by atoms with Crippen LogP contribution in [0.5, 0.6) is 0 Å². The van der Waals surface area contributed by atoms with Crippen LogP contribution in [-0.2, 0) is 0 Å². The number of aliphatic hydroxyl groups excluding tert-OH is 1. The van der Waals surface area contributed by atoms with E-state index >= 15 is 0 Å². The molecule has 1 amide bonds. The molecular weight excluding hydrogens is 235 g/mol. The van der Waals surface area contributed by atoms with Crippen molar-refractivity contribution in [1.29, 1.82) is 0 Å². The standard InChI is InChI=1S/C13H19FN2O2/c1-2-3-6-16(7-8-17)13(18)10-4-5-11(14)12(15)9-10/h4-5,9,17H,2-3,6-8,15H2,1H3. The van der Waals surface area contributed by atoms with Gasteiger partial charge in [0, 0.05) is 18.7 Å². The van der Waals surface area contributed by atoms with E-state index in [9.17, 15) is 9.18 Å². The van der Waals surface area contributed by atoms with E-state index in [4.69, 9.17) is 10.8 Å². The number of carbonyl (C=O) groups excluding carboxylic acids is 1. The third kappa shape index (κ3) is 3.70. The fourth-order valence-electron chi connectivity index (χ4n) is 1.64. The van der Waals surface area contributed by atoms with Crippen LogP contribution >= 0.6 is 0 Å². The van der Waals surface area contributed by atoms with Gasteiger partial charge in [-0.2, -0.15) is 0 Å². The lowest BCUT2D eigenvalue weighted by Crippen LogP contribution is -2.34. The van der Waals surface area contributed by atoms with Gasteiger partial charge in [-0.05, 0) is 24.6 Å². The molecule has 0 unspecified atom stereocenters. The molecule has 3 N–H and O–H groups in total. The highest BCUT2D eigenvalue weighted by Crippen LogP contribution is 2.14. The number of nitrogens with zero attached hydrogens (tertiary/aromatic N) is 1. The van der Waals surface area contributed by atoms with Gasteiger partial charge in [-0.15, -0.1) is 0 Å². The second kappa shape index (κ2) is 6.96. The van der Waals surface area contributed by atoms with Gasteiger partial charge in [-0.25, -0.2) is 4.39 Å². The molecule has 0 radical (unpaired) electrons. The molecule has 0 saturated carbocycles. The van der Waals surface area contributed by atoms with Crippen LogP contribution in [0.15, 0.2) is 18.2 Å². The second-order valence-corrected chi connectivity index (χ2v) is 4.11. The molecule has 5 heteroatoms. The minimum Gasteiger partial charge on any atom is -0.396 e. The van der Waals surface area contributed by atoms with E-state index in [-0.39, 0.29) is 24.7 Å². The number of nitrogens with two attached hydrogens (primary N) is 1. The summed E-state index contributed by atoms with van der Waals surface area (Å²) in [5.74, 6) is -0.766. The zero-order valence-corrected chi connectivity index (χ0v) is 10.5. The number of carbonyl (C=O) groups is 1. The Kier molecular flexibility index (Phi) is 5.58. The van der Waals surface area contributed by atoms with Crippen molar-refractivity contribution in [3.8, 4) is 0 Å². The monoisotopic (exact) mass is 254 g/mol. The van der Waals surface area contributed by atoms with Crippen LogP contribution in [0.3, 0.4) is 0 Å². The van der Waals surface area contributed by atoms with Crippen molar-refractivity contribution in [2.45, 2.75) is 19.8 Å². The molecule has 4 nitrogen and oxygen atoms in total. The zero-order chi connectivity index (χ0) is 13.5. The highest BCUT2D eigenvalue weighted by molar-refractivity contribution is 5.95. The molecule has 0 bridgehead atoms. The predicted octanol–water partition coefficient (Wildman–Crippen LogP) is 1.64. The van der Waals surface area contributed by atoms with Crippen LogP contribution in [-0.4, -0.2) is 35.6 Å². The summed E-state index contributed by atoms with van der Waals surface area (Å²) in [6.45, 7) is 2.78. The number of hydrogen-bond donors (Lipinski definition) is 2. The Morgan fingerprint density at radius 1 is 1.44 bits per heavy atom. The first-order valence-electron chi connectivity index (χ1n) is 6.05. The number of hydrogen-bond acceptors (Lipinski definition) is 3. The average molecular weight is 254 g/mol. The number of aliphatic hydroxyl groups is 1.